The number of rotatable bonds is 3. The summed E-state index contributed by atoms with van der Waals surface area (Å²) >= 11 is 0. The Hall–Kier alpha value is -0.810. The minimum absolute atomic E-state index is 0.151. The van der Waals surface area contributed by atoms with Gasteiger partial charge in [-0.05, 0) is 19.3 Å². The van der Waals surface area contributed by atoms with Crippen molar-refractivity contribution in [2.24, 2.45) is 5.73 Å². The predicted octanol–water partition coefficient (Wildman–Crippen LogP) is 0.252. The SMILES string of the molecule is NCCN(C(=O)N1CCOCC1)C1CCC1. The van der Waals surface area contributed by atoms with E-state index in [0.717, 1.165) is 12.8 Å². The standard InChI is InChI=1S/C11H21N3O2/c12-4-5-14(10-2-1-3-10)11(15)13-6-8-16-9-7-13/h10H,1-9,12H2. The minimum atomic E-state index is 0.151. The van der Waals surface area contributed by atoms with Crippen molar-refractivity contribution < 1.29 is 9.53 Å². The first-order chi connectivity index (χ1) is 7.83. The summed E-state index contributed by atoms with van der Waals surface area (Å²) in [6.45, 7) is 3.98. The van der Waals surface area contributed by atoms with Crippen molar-refractivity contribution in [1.29, 1.82) is 0 Å². The second-order valence-electron chi connectivity index (χ2n) is 4.45. The molecule has 2 aliphatic rings. The Balaban J connectivity index is 1.92. The van der Waals surface area contributed by atoms with Crippen LogP contribution in [0.15, 0.2) is 0 Å². The highest BCUT2D eigenvalue weighted by atomic mass is 16.5. The smallest absolute Gasteiger partial charge is 0.320 e. The topological polar surface area (TPSA) is 58.8 Å². The van der Waals surface area contributed by atoms with Crippen molar-refractivity contribution in [3.05, 3.63) is 0 Å². The molecule has 0 aromatic rings. The van der Waals surface area contributed by atoms with Crippen molar-refractivity contribution in [3.8, 4) is 0 Å². The average Bonchev–Trinajstić information content (AvgIpc) is 2.26. The third-order valence-electron chi connectivity index (χ3n) is 3.41. The van der Waals surface area contributed by atoms with Crippen molar-refractivity contribution in [2.45, 2.75) is 25.3 Å². The normalized spacial score (nSPS) is 21.7. The fraction of sp³-hybridized carbons (Fsp3) is 0.909. The predicted molar refractivity (Wildman–Crippen MR) is 61.2 cm³/mol. The number of carbonyl (C=O) groups excluding carboxylic acids is 1. The van der Waals surface area contributed by atoms with Crippen LogP contribution in [0, 0.1) is 0 Å². The fourth-order valence-corrected chi connectivity index (χ4v) is 2.21. The van der Waals surface area contributed by atoms with Gasteiger partial charge in [-0.25, -0.2) is 4.79 Å². The third kappa shape index (κ3) is 2.47. The zero-order chi connectivity index (χ0) is 11.4. The molecular formula is C11H21N3O2. The van der Waals surface area contributed by atoms with E-state index in [1.54, 1.807) is 0 Å². The summed E-state index contributed by atoms with van der Waals surface area (Å²) in [6, 6.07) is 0.581. The van der Waals surface area contributed by atoms with E-state index in [-0.39, 0.29) is 6.03 Å². The van der Waals surface area contributed by atoms with Crippen LogP contribution in [-0.2, 0) is 4.74 Å². The van der Waals surface area contributed by atoms with E-state index in [9.17, 15) is 4.79 Å². The van der Waals surface area contributed by atoms with Crippen LogP contribution in [0.5, 0.6) is 0 Å². The van der Waals surface area contributed by atoms with Crippen LogP contribution in [0.1, 0.15) is 19.3 Å². The summed E-state index contributed by atoms with van der Waals surface area (Å²) in [5.41, 5.74) is 5.58. The van der Waals surface area contributed by atoms with Gasteiger partial charge in [0, 0.05) is 32.2 Å². The maximum absolute atomic E-state index is 12.3. The number of hydrogen-bond donors (Lipinski definition) is 1. The lowest BCUT2D eigenvalue weighted by molar-refractivity contribution is 0.0343. The molecule has 92 valence electrons. The maximum atomic E-state index is 12.3. The first-order valence-electron chi connectivity index (χ1n) is 6.16. The van der Waals surface area contributed by atoms with Crippen molar-refractivity contribution >= 4 is 6.03 Å². The number of nitrogens with zero attached hydrogens (tertiary/aromatic N) is 2. The first kappa shape index (κ1) is 11.7. The Bertz CT molecular complexity index is 237. The number of morpholine rings is 1. The Morgan fingerprint density at radius 1 is 1.38 bits per heavy atom. The molecule has 0 bridgehead atoms. The Morgan fingerprint density at radius 3 is 2.56 bits per heavy atom. The van der Waals surface area contributed by atoms with Gasteiger partial charge in [0.1, 0.15) is 0 Å². The van der Waals surface area contributed by atoms with Gasteiger partial charge < -0.3 is 20.3 Å². The summed E-state index contributed by atoms with van der Waals surface area (Å²) in [6.07, 6.45) is 3.51. The Kier molecular flexibility index (Phi) is 4.01. The molecule has 1 saturated carbocycles. The average molecular weight is 227 g/mol. The van der Waals surface area contributed by atoms with Crippen LogP contribution in [0.25, 0.3) is 0 Å². The van der Waals surface area contributed by atoms with Crippen molar-refractivity contribution in [1.82, 2.24) is 9.80 Å². The molecular weight excluding hydrogens is 206 g/mol. The highest BCUT2D eigenvalue weighted by Gasteiger charge is 2.31. The number of nitrogens with two attached hydrogens (primary N) is 1. The number of amides is 2. The summed E-state index contributed by atoms with van der Waals surface area (Å²) in [7, 11) is 0. The van der Waals surface area contributed by atoms with Crippen molar-refractivity contribution in [3.63, 3.8) is 0 Å². The molecule has 2 amide bonds. The van der Waals surface area contributed by atoms with Gasteiger partial charge in [0.25, 0.3) is 0 Å². The molecule has 0 atom stereocenters. The molecule has 16 heavy (non-hydrogen) atoms. The van der Waals surface area contributed by atoms with E-state index in [0.29, 0.717) is 45.4 Å². The number of carbonyl (C=O) groups is 1. The van der Waals surface area contributed by atoms with Crippen molar-refractivity contribution in [2.75, 3.05) is 39.4 Å². The lowest BCUT2D eigenvalue weighted by atomic mass is 9.91. The lowest BCUT2D eigenvalue weighted by Crippen LogP contribution is -2.54. The van der Waals surface area contributed by atoms with Gasteiger partial charge in [-0.15, -0.1) is 0 Å². The van der Waals surface area contributed by atoms with Gasteiger partial charge in [-0.1, -0.05) is 0 Å². The van der Waals surface area contributed by atoms with Crippen LogP contribution < -0.4 is 5.73 Å². The van der Waals surface area contributed by atoms with Gasteiger partial charge in [-0.2, -0.15) is 0 Å². The largest absolute Gasteiger partial charge is 0.378 e. The monoisotopic (exact) mass is 227 g/mol. The van der Waals surface area contributed by atoms with E-state index in [1.165, 1.54) is 6.42 Å². The van der Waals surface area contributed by atoms with E-state index >= 15 is 0 Å². The number of hydrogen-bond acceptors (Lipinski definition) is 3. The first-order valence-corrected chi connectivity index (χ1v) is 6.16. The van der Waals surface area contributed by atoms with Gasteiger partial charge in [0.15, 0.2) is 0 Å². The molecule has 0 unspecified atom stereocenters. The Labute approximate surface area is 96.5 Å². The molecule has 5 nitrogen and oxygen atoms in total. The van der Waals surface area contributed by atoms with Gasteiger partial charge >= 0.3 is 6.03 Å². The maximum Gasteiger partial charge on any atom is 0.320 e. The van der Waals surface area contributed by atoms with Gasteiger partial charge in [-0.3, -0.25) is 0 Å². The molecule has 1 saturated heterocycles. The molecule has 2 rings (SSSR count). The summed E-state index contributed by atoms with van der Waals surface area (Å²) in [5, 5.41) is 0. The van der Waals surface area contributed by atoms with Crippen LogP contribution in [0.2, 0.25) is 0 Å². The second-order valence-corrected chi connectivity index (χ2v) is 4.45. The molecule has 0 radical (unpaired) electrons. The number of ether oxygens (including phenoxy) is 1. The van der Waals surface area contributed by atoms with Gasteiger partial charge in [0.05, 0.1) is 13.2 Å². The molecule has 0 aromatic carbocycles. The summed E-state index contributed by atoms with van der Waals surface area (Å²) in [5.74, 6) is 0. The Morgan fingerprint density at radius 2 is 2.06 bits per heavy atom. The van der Waals surface area contributed by atoms with Gasteiger partial charge in [0.2, 0.25) is 0 Å². The van der Waals surface area contributed by atoms with Crippen LogP contribution >= 0.6 is 0 Å². The van der Waals surface area contributed by atoms with E-state index < -0.39 is 0 Å². The van der Waals surface area contributed by atoms with E-state index in [1.807, 2.05) is 9.80 Å². The highest BCUT2D eigenvalue weighted by molar-refractivity contribution is 5.75. The quantitative estimate of drug-likeness (QED) is 0.752. The summed E-state index contributed by atoms with van der Waals surface area (Å²) in [4.78, 5) is 16.1. The zero-order valence-electron chi connectivity index (χ0n) is 9.73. The molecule has 0 aromatic heterocycles. The molecule has 1 aliphatic carbocycles. The molecule has 1 heterocycles. The molecule has 2 N–H and O–H groups in total. The second kappa shape index (κ2) is 5.50. The van der Waals surface area contributed by atoms with E-state index in [4.69, 9.17) is 10.5 Å². The zero-order valence-corrected chi connectivity index (χ0v) is 9.73. The fourth-order valence-electron chi connectivity index (χ4n) is 2.21. The third-order valence-corrected chi connectivity index (χ3v) is 3.41. The molecule has 0 spiro atoms. The number of urea groups is 1. The molecule has 1 aliphatic heterocycles. The minimum Gasteiger partial charge on any atom is -0.378 e. The lowest BCUT2D eigenvalue weighted by Gasteiger charge is -2.41. The summed E-state index contributed by atoms with van der Waals surface area (Å²) < 4.78 is 5.25. The molecule has 2 fully saturated rings. The van der Waals surface area contributed by atoms with E-state index in [2.05, 4.69) is 0 Å². The van der Waals surface area contributed by atoms with Crippen LogP contribution in [-0.4, -0.2) is 61.3 Å². The highest BCUT2D eigenvalue weighted by Crippen LogP contribution is 2.25. The molecule has 5 heteroatoms. The van der Waals surface area contributed by atoms with Crippen LogP contribution in [0.4, 0.5) is 4.79 Å². The van der Waals surface area contributed by atoms with Crippen LogP contribution in [0.3, 0.4) is 0 Å².